The molecule has 116 valence electrons. The summed E-state index contributed by atoms with van der Waals surface area (Å²) in [5.74, 6) is 1.05. The SMILES string of the molecule is CC(C)(C)c1[nH]nc2c1C(C1CC=CCC1)C(C#N)=C(N)O2. The van der Waals surface area contributed by atoms with E-state index in [9.17, 15) is 5.26 Å². The molecular formula is C17H22N4O. The van der Waals surface area contributed by atoms with E-state index in [1.54, 1.807) is 0 Å². The van der Waals surface area contributed by atoms with E-state index in [4.69, 9.17) is 10.5 Å². The fourth-order valence-corrected chi connectivity index (χ4v) is 3.44. The van der Waals surface area contributed by atoms with E-state index in [-0.39, 0.29) is 17.2 Å². The van der Waals surface area contributed by atoms with Crippen LogP contribution < -0.4 is 10.5 Å². The molecule has 22 heavy (non-hydrogen) atoms. The van der Waals surface area contributed by atoms with Crippen molar-refractivity contribution in [3.63, 3.8) is 0 Å². The van der Waals surface area contributed by atoms with Gasteiger partial charge in [-0.15, -0.1) is 5.10 Å². The highest BCUT2D eigenvalue weighted by Gasteiger charge is 2.40. The van der Waals surface area contributed by atoms with Gasteiger partial charge < -0.3 is 10.5 Å². The number of hydrogen-bond donors (Lipinski definition) is 2. The first-order valence-electron chi connectivity index (χ1n) is 7.74. The monoisotopic (exact) mass is 298 g/mol. The fraction of sp³-hybridized carbons (Fsp3) is 0.529. The zero-order chi connectivity index (χ0) is 15.9. The third-order valence-corrected chi connectivity index (χ3v) is 4.51. The van der Waals surface area contributed by atoms with Crippen molar-refractivity contribution in [2.24, 2.45) is 11.7 Å². The van der Waals surface area contributed by atoms with E-state index in [0.29, 0.717) is 17.4 Å². The standard InChI is InChI=1S/C17H22N4O/c1-17(2,3)14-13-12(10-7-5-4-6-8-10)11(9-18)15(19)22-16(13)21-20-14/h4-5,10,12H,6-8,19H2,1-3H3,(H,20,21). The molecule has 2 heterocycles. The molecule has 0 spiro atoms. The quantitative estimate of drug-likeness (QED) is 0.779. The molecule has 0 aromatic carbocycles. The molecule has 2 unspecified atom stereocenters. The number of fused-ring (bicyclic) bond motifs is 1. The van der Waals surface area contributed by atoms with Gasteiger partial charge in [0, 0.05) is 22.6 Å². The van der Waals surface area contributed by atoms with Crippen LogP contribution in [0.4, 0.5) is 0 Å². The summed E-state index contributed by atoms with van der Waals surface area (Å²) in [6.45, 7) is 6.39. The molecule has 3 N–H and O–H groups in total. The van der Waals surface area contributed by atoms with Gasteiger partial charge in [-0.3, -0.25) is 5.10 Å². The van der Waals surface area contributed by atoms with Crippen LogP contribution in [0.2, 0.25) is 0 Å². The lowest BCUT2D eigenvalue weighted by Gasteiger charge is -2.33. The number of aromatic nitrogens is 2. The maximum atomic E-state index is 9.60. The number of aromatic amines is 1. The molecule has 0 saturated carbocycles. The number of nitrogens with one attached hydrogen (secondary N) is 1. The molecule has 1 aromatic heterocycles. The molecule has 0 radical (unpaired) electrons. The molecule has 0 saturated heterocycles. The van der Waals surface area contributed by atoms with E-state index in [0.717, 1.165) is 30.5 Å². The lowest BCUT2D eigenvalue weighted by molar-refractivity contribution is 0.337. The molecular weight excluding hydrogens is 276 g/mol. The molecule has 5 heteroatoms. The number of nitrogens with two attached hydrogens (primary N) is 1. The van der Waals surface area contributed by atoms with E-state index in [1.165, 1.54) is 0 Å². The Bertz CT molecular complexity index is 684. The lowest BCUT2D eigenvalue weighted by Crippen LogP contribution is -2.27. The van der Waals surface area contributed by atoms with Crippen molar-refractivity contribution < 1.29 is 4.74 Å². The van der Waals surface area contributed by atoms with Crippen LogP contribution in [0, 0.1) is 17.2 Å². The summed E-state index contributed by atoms with van der Waals surface area (Å²) < 4.78 is 5.61. The average Bonchev–Trinajstić information content (AvgIpc) is 2.90. The molecule has 1 aromatic rings. The van der Waals surface area contributed by atoms with E-state index >= 15 is 0 Å². The van der Waals surface area contributed by atoms with Crippen molar-refractivity contribution in [3.05, 3.63) is 34.9 Å². The molecule has 0 fully saturated rings. The second kappa shape index (κ2) is 5.20. The number of ether oxygens (including phenoxy) is 1. The van der Waals surface area contributed by atoms with Gasteiger partial charge in [0.25, 0.3) is 0 Å². The zero-order valence-electron chi connectivity index (χ0n) is 13.3. The van der Waals surface area contributed by atoms with Crippen LogP contribution in [0.25, 0.3) is 0 Å². The van der Waals surface area contributed by atoms with Crippen molar-refractivity contribution in [1.29, 1.82) is 5.26 Å². The van der Waals surface area contributed by atoms with Crippen molar-refractivity contribution in [2.75, 3.05) is 0 Å². The van der Waals surface area contributed by atoms with Gasteiger partial charge in [0.05, 0.1) is 5.57 Å². The van der Waals surface area contributed by atoms with Crippen molar-refractivity contribution in [1.82, 2.24) is 10.2 Å². The van der Waals surface area contributed by atoms with Gasteiger partial charge in [-0.25, -0.2) is 0 Å². The minimum atomic E-state index is -0.0979. The molecule has 0 amide bonds. The van der Waals surface area contributed by atoms with Crippen molar-refractivity contribution in [3.8, 4) is 11.9 Å². The molecule has 1 aliphatic heterocycles. The minimum Gasteiger partial charge on any atom is -0.420 e. The number of nitrogens with zero attached hydrogens (tertiary/aromatic N) is 2. The predicted molar refractivity (Wildman–Crippen MR) is 84.0 cm³/mol. The molecule has 0 bridgehead atoms. The van der Waals surface area contributed by atoms with Gasteiger partial charge in [0.15, 0.2) is 0 Å². The summed E-state index contributed by atoms with van der Waals surface area (Å²) in [6.07, 6.45) is 7.45. The Morgan fingerprint density at radius 2 is 2.18 bits per heavy atom. The normalized spacial score (nSPS) is 24.6. The first-order valence-corrected chi connectivity index (χ1v) is 7.74. The summed E-state index contributed by atoms with van der Waals surface area (Å²) in [5, 5.41) is 17.0. The maximum Gasteiger partial charge on any atom is 0.243 e. The van der Waals surface area contributed by atoms with Gasteiger partial charge in [0.2, 0.25) is 11.8 Å². The van der Waals surface area contributed by atoms with Gasteiger partial charge in [-0.2, -0.15) is 5.26 Å². The van der Waals surface area contributed by atoms with Gasteiger partial charge >= 0.3 is 0 Å². The van der Waals surface area contributed by atoms with Crippen LogP contribution >= 0.6 is 0 Å². The topological polar surface area (TPSA) is 87.7 Å². The summed E-state index contributed by atoms with van der Waals surface area (Å²) in [7, 11) is 0. The second-order valence-corrected chi connectivity index (χ2v) is 7.08. The first kappa shape index (κ1) is 14.7. The van der Waals surface area contributed by atoms with Crippen LogP contribution in [0.5, 0.6) is 5.88 Å². The Morgan fingerprint density at radius 1 is 1.41 bits per heavy atom. The Morgan fingerprint density at radius 3 is 2.77 bits per heavy atom. The molecule has 5 nitrogen and oxygen atoms in total. The Hall–Kier alpha value is -2.22. The lowest BCUT2D eigenvalue weighted by atomic mass is 9.72. The number of rotatable bonds is 1. The number of nitriles is 1. The Balaban J connectivity index is 2.15. The van der Waals surface area contributed by atoms with Crippen LogP contribution in [0.3, 0.4) is 0 Å². The van der Waals surface area contributed by atoms with E-state index in [2.05, 4.69) is 49.2 Å². The average molecular weight is 298 g/mol. The summed E-state index contributed by atoms with van der Waals surface area (Å²) in [4.78, 5) is 0. The van der Waals surface area contributed by atoms with Crippen LogP contribution in [0.1, 0.15) is 57.2 Å². The van der Waals surface area contributed by atoms with Crippen LogP contribution in [0.15, 0.2) is 23.6 Å². The predicted octanol–water partition coefficient (Wildman–Crippen LogP) is 3.23. The summed E-state index contributed by atoms with van der Waals surface area (Å²) >= 11 is 0. The van der Waals surface area contributed by atoms with Gasteiger partial charge in [0.1, 0.15) is 6.07 Å². The highest BCUT2D eigenvalue weighted by molar-refractivity contribution is 5.51. The van der Waals surface area contributed by atoms with E-state index < -0.39 is 0 Å². The van der Waals surface area contributed by atoms with Crippen molar-refractivity contribution >= 4 is 0 Å². The van der Waals surface area contributed by atoms with E-state index in [1.807, 2.05) is 0 Å². The third-order valence-electron chi connectivity index (χ3n) is 4.51. The van der Waals surface area contributed by atoms with Crippen molar-refractivity contribution in [2.45, 2.75) is 51.4 Å². The summed E-state index contributed by atoms with van der Waals surface area (Å²) in [6, 6.07) is 2.27. The van der Waals surface area contributed by atoms with Gasteiger partial charge in [-0.1, -0.05) is 32.9 Å². The molecule has 1 aliphatic carbocycles. The Kier molecular flexibility index (Phi) is 3.48. The smallest absolute Gasteiger partial charge is 0.243 e. The largest absolute Gasteiger partial charge is 0.420 e. The minimum absolute atomic E-state index is 0.0355. The van der Waals surface area contributed by atoms with Gasteiger partial charge in [-0.05, 0) is 25.2 Å². The molecule has 3 rings (SSSR count). The molecule has 2 aliphatic rings. The van der Waals surface area contributed by atoms with Crippen LogP contribution in [-0.2, 0) is 5.41 Å². The number of hydrogen-bond acceptors (Lipinski definition) is 4. The first-order chi connectivity index (χ1) is 10.4. The number of H-pyrrole nitrogens is 1. The molecule has 2 atom stereocenters. The third kappa shape index (κ3) is 2.29. The second-order valence-electron chi connectivity index (χ2n) is 7.08. The zero-order valence-corrected chi connectivity index (χ0v) is 13.3. The maximum absolute atomic E-state index is 9.60. The van der Waals surface area contributed by atoms with Crippen LogP contribution in [-0.4, -0.2) is 10.2 Å². The summed E-state index contributed by atoms with van der Waals surface area (Å²) in [5.41, 5.74) is 8.47. The highest BCUT2D eigenvalue weighted by atomic mass is 16.5. The fourth-order valence-electron chi connectivity index (χ4n) is 3.44. The highest BCUT2D eigenvalue weighted by Crippen LogP contribution is 2.48. The Labute approximate surface area is 130 Å². The number of allylic oxidation sites excluding steroid dienone is 3.